The number of hydrogen-bond acceptors (Lipinski definition) is 9. The van der Waals surface area contributed by atoms with Gasteiger partial charge in [-0.1, -0.05) is 23.4 Å². The quantitative estimate of drug-likeness (QED) is 0.176. The van der Waals surface area contributed by atoms with E-state index >= 15 is 0 Å². The minimum atomic E-state index is -4.05. The molecule has 3 aromatic rings. The number of amides is 1. The number of carbonyl (C=O) groups excluding carboxylic acids is 1. The molecule has 2 N–H and O–H groups in total. The average molecular weight is 552 g/mol. The zero-order valence-corrected chi connectivity index (χ0v) is 21.7. The number of rotatable bonds is 9. The van der Waals surface area contributed by atoms with Crippen molar-refractivity contribution in [3.05, 3.63) is 47.5 Å². The molecule has 2 fully saturated rings. The standard InChI is InChI=1S/C24H26ClN3O6S2/c25-16-1-8-20-21(15-16)34-23(26-20)35-14-13-33-18-4-6-19(7-5-18)36(31,32)24(22(29)27-30)9-11-28(12-10-24)17-2-3-17/h1,4-8,15,17,30H,2-3,9-14H2,(H,27,29). The molecule has 1 saturated heterocycles. The van der Waals surface area contributed by atoms with Crippen LogP contribution in [0.2, 0.25) is 5.02 Å². The fourth-order valence-corrected chi connectivity index (χ4v) is 7.35. The second kappa shape index (κ2) is 10.2. The van der Waals surface area contributed by atoms with E-state index in [9.17, 15) is 18.4 Å². The number of hydroxylamine groups is 1. The van der Waals surface area contributed by atoms with Gasteiger partial charge in [-0.3, -0.25) is 10.0 Å². The van der Waals surface area contributed by atoms with Crippen LogP contribution in [0.25, 0.3) is 11.1 Å². The molecule has 0 spiro atoms. The fourth-order valence-electron chi connectivity index (χ4n) is 4.58. The first-order valence-corrected chi connectivity index (χ1v) is 14.5. The number of sulfone groups is 1. The highest BCUT2D eigenvalue weighted by Gasteiger charge is 2.53. The molecule has 2 heterocycles. The summed E-state index contributed by atoms with van der Waals surface area (Å²) in [7, 11) is -4.05. The first kappa shape index (κ1) is 25.3. The van der Waals surface area contributed by atoms with Crippen molar-refractivity contribution in [2.24, 2.45) is 0 Å². The molecule has 0 unspecified atom stereocenters. The predicted octanol–water partition coefficient (Wildman–Crippen LogP) is 3.93. The number of fused-ring (bicyclic) bond motifs is 1. The van der Waals surface area contributed by atoms with Crippen LogP contribution < -0.4 is 10.2 Å². The summed E-state index contributed by atoms with van der Waals surface area (Å²) in [5.74, 6) is 0.192. The van der Waals surface area contributed by atoms with Gasteiger partial charge in [0, 0.05) is 36.0 Å². The number of benzene rings is 2. The number of nitrogens with zero attached hydrogens (tertiary/aromatic N) is 2. The minimum absolute atomic E-state index is 0.0258. The van der Waals surface area contributed by atoms with Crippen LogP contribution in [0.3, 0.4) is 0 Å². The molecular weight excluding hydrogens is 526 g/mol. The minimum Gasteiger partial charge on any atom is -0.493 e. The van der Waals surface area contributed by atoms with Gasteiger partial charge in [0.1, 0.15) is 11.3 Å². The molecule has 192 valence electrons. The Bertz CT molecular complexity index is 1350. The van der Waals surface area contributed by atoms with Crippen molar-refractivity contribution in [1.29, 1.82) is 0 Å². The molecule has 1 aliphatic carbocycles. The maximum Gasteiger partial charge on any atom is 0.265 e. The van der Waals surface area contributed by atoms with Crippen molar-refractivity contribution in [2.45, 2.75) is 46.6 Å². The van der Waals surface area contributed by atoms with Crippen molar-refractivity contribution in [1.82, 2.24) is 15.4 Å². The molecule has 36 heavy (non-hydrogen) atoms. The van der Waals surface area contributed by atoms with Gasteiger partial charge < -0.3 is 14.1 Å². The van der Waals surface area contributed by atoms with Crippen molar-refractivity contribution < 1.29 is 27.6 Å². The smallest absolute Gasteiger partial charge is 0.265 e. The third-order valence-electron chi connectivity index (χ3n) is 6.74. The Kier molecular flexibility index (Phi) is 7.19. The van der Waals surface area contributed by atoms with Crippen molar-refractivity contribution in [2.75, 3.05) is 25.4 Å². The third-order valence-corrected chi connectivity index (χ3v) is 10.3. The number of carbonyl (C=O) groups is 1. The van der Waals surface area contributed by atoms with Gasteiger partial charge in [-0.15, -0.1) is 0 Å². The number of likely N-dealkylation sites (tertiary alicyclic amines) is 1. The van der Waals surface area contributed by atoms with E-state index in [0.29, 0.717) is 53.1 Å². The van der Waals surface area contributed by atoms with Crippen molar-refractivity contribution in [3.8, 4) is 5.75 Å². The molecule has 0 bridgehead atoms. The lowest BCUT2D eigenvalue weighted by molar-refractivity contribution is -0.133. The first-order valence-electron chi connectivity index (χ1n) is 11.7. The van der Waals surface area contributed by atoms with Crippen LogP contribution in [0.5, 0.6) is 5.75 Å². The van der Waals surface area contributed by atoms with Crippen molar-refractivity contribution in [3.63, 3.8) is 0 Å². The van der Waals surface area contributed by atoms with Gasteiger partial charge in [0.25, 0.3) is 11.1 Å². The summed E-state index contributed by atoms with van der Waals surface area (Å²) < 4.78 is 36.8. The van der Waals surface area contributed by atoms with E-state index in [1.807, 2.05) is 0 Å². The number of aromatic nitrogens is 1. The Morgan fingerprint density at radius 1 is 1.22 bits per heavy atom. The highest BCUT2D eigenvalue weighted by atomic mass is 35.5. The predicted molar refractivity (Wildman–Crippen MR) is 135 cm³/mol. The number of oxazole rings is 1. The van der Waals surface area contributed by atoms with Gasteiger partial charge in [-0.05, 0) is 62.1 Å². The van der Waals surface area contributed by atoms with Crippen LogP contribution in [0.1, 0.15) is 25.7 Å². The maximum atomic E-state index is 13.6. The Labute approximate surface area is 218 Å². The molecule has 0 radical (unpaired) electrons. The summed E-state index contributed by atoms with van der Waals surface area (Å²) in [6, 6.07) is 11.8. The summed E-state index contributed by atoms with van der Waals surface area (Å²) in [4.78, 5) is 19.3. The molecule has 5 rings (SSSR count). The molecule has 12 heteroatoms. The van der Waals surface area contributed by atoms with E-state index in [1.54, 1.807) is 35.8 Å². The summed E-state index contributed by atoms with van der Waals surface area (Å²) in [6.45, 7) is 1.36. The number of halogens is 1. The first-order chi connectivity index (χ1) is 17.3. The topological polar surface area (TPSA) is 122 Å². The number of thioether (sulfide) groups is 1. The zero-order chi connectivity index (χ0) is 25.3. The largest absolute Gasteiger partial charge is 0.493 e. The fraction of sp³-hybridized carbons (Fsp3) is 0.417. The Hall–Kier alpha value is -2.31. The van der Waals surface area contributed by atoms with Crippen molar-refractivity contribution >= 4 is 50.2 Å². The lowest BCUT2D eigenvalue weighted by atomic mass is 9.94. The Morgan fingerprint density at radius 3 is 2.61 bits per heavy atom. The molecule has 2 aromatic carbocycles. The number of ether oxygens (including phenoxy) is 1. The monoisotopic (exact) mass is 551 g/mol. The Balaban J connectivity index is 1.20. The van der Waals surface area contributed by atoms with Crippen LogP contribution in [-0.2, 0) is 14.6 Å². The summed E-state index contributed by atoms with van der Waals surface area (Å²) in [5, 5.41) is 10.4. The van der Waals surface area contributed by atoms with Gasteiger partial charge in [-0.25, -0.2) is 18.9 Å². The van der Waals surface area contributed by atoms with Crippen LogP contribution >= 0.6 is 23.4 Å². The van der Waals surface area contributed by atoms with Gasteiger partial charge in [-0.2, -0.15) is 0 Å². The molecular formula is C24H26ClN3O6S2. The number of hydrogen-bond donors (Lipinski definition) is 2. The second-order valence-electron chi connectivity index (χ2n) is 8.97. The third kappa shape index (κ3) is 4.95. The van der Waals surface area contributed by atoms with Crippen LogP contribution in [0, 0.1) is 0 Å². The molecule has 1 saturated carbocycles. The van der Waals surface area contributed by atoms with E-state index in [1.165, 1.54) is 23.9 Å². The summed E-state index contributed by atoms with van der Waals surface area (Å²) in [6.07, 6.45) is 2.48. The van der Waals surface area contributed by atoms with Crippen LogP contribution in [0.15, 0.2) is 57.0 Å². The van der Waals surface area contributed by atoms with E-state index in [0.717, 1.165) is 18.4 Å². The average Bonchev–Trinajstić information content (AvgIpc) is 3.66. The van der Waals surface area contributed by atoms with Crippen LogP contribution in [-0.4, -0.2) is 65.7 Å². The highest BCUT2D eigenvalue weighted by Crippen LogP contribution is 2.39. The lowest BCUT2D eigenvalue weighted by Gasteiger charge is -2.39. The number of nitrogens with one attached hydrogen (secondary N) is 1. The molecule has 9 nitrogen and oxygen atoms in total. The SMILES string of the molecule is O=C(NO)C1(S(=O)(=O)c2ccc(OCCSc3nc4ccc(Cl)cc4o3)cc2)CCN(C2CC2)CC1. The normalized spacial score (nSPS) is 18.3. The van der Waals surface area contributed by atoms with E-state index in [-0.39, 0.29) is 17.7 Å². The second-order valence-corrected chi connectivity index (χ2v) is 12.7. The van der Waals surface area contributed by atoms with Gasteiger partial charge in [0.15, 0.2) is 20.2 Å². The Morgan fingerprint density at radius 2 is 1.94 bits per heavy atom. The lowest BCUT2D eigenvalue weighted by Crippen LogP contribution is -2.58. The van der Waals surface area contributed by atoms with Gasteiger partial charge >= 0.3 is 0 Å². The van der Waals surface area contributed by atoms with E-state index < -0.39 is 20.5 Å². The molecule has 2 aliphatic rings. The molecule has 1 aliphatic heterocycles. The van der Waals surface area contributed by atoms with Crippen LogP contribution in [0.4, 0.5) is 0 Å². The maximum absolute atomic E-state index is 13.6. The number of piperidine rings is 1. The van der Waals surface area contributed by atoms with Gasteiger partial charge in [0.05, 0.1) is 11.5 Å². The van der Waals surface area contributed by atoms with E-state index in [2.05, 4.69) is 9.88 Å². The molecule has 0 atom stereocenters. The molecule has 1 amide bonds. The zero-order valence-electron chi connectivity index (χ0n) is 19.4. The van der Waals surface area contributed by atoms with E-state index in [4.69, 9.17) is 20.8 Å². The summed E-state index contributed by atoms with van der Waals surface area (Å²) >= 11 is 7.37. The summed E-state index contributed by atoms with van der Waals surface area (Å²) in [5.41, 5.74) is 2.94. The molecule has 1 aromatic heterocycles. The van der Waals surface area contributed by atoms with Gasteiger partial charge in [0.2, 0.25) is 0 Å². The highest BCUT2D eigenvalue weighted by molar-refractivity contribution is 7.99.